The lowest BCUT2D eigenvalue weighted by Gasteiger charge is -2.09. The van der Waals surface area contributed by atoms with Crippen molar-refractivity contribution in [1.82, 2.24) is 4.57 Å². The summed E-state index contributed by atoms with van der Waals surface area (Å²) in [5, 5.41) is 10.8. The number of phenolic OH excluding ortho intramolecular Hbond substituents is 1. The molecule has 0 fully saturated rings. The Morgan fingerprint density at radius 1 is 1.17 bits per heavy atom. The van der Waals surface area contributed by atoms with Crippen LogP contribution in [-0.2, 0) is 4.74 Å². The second-order valence-corrected chi connectivity index (χ2v) is 5.51. The molecule has 0 amide bonds. The van der Waals surface area contributed by atoms with Crippen LogP contribution in [0.1, 0.15) is 28.5 Å². The van der Waals surface area contributed by atoms with Gasteiger partial charge in [-0.25, -0.2) is 4.79 Å². The number of fused-ring (bicyclic) bond motifs is 1. The zero-order valence-corrected chi connectivity index (χ0v) is 13.5. The molecule has 23 heavy (non-hydrogen) atoms. The van der Waals surface area contributed by atoms with Crippen molar-refractivity contribution in [3.05, 3.63) is 59.3 Å². The van der Waals surface area contributed by atoms with E-state index in [1.54, 1.807) is 13.0 Å². The molecule has 0 spiro atoms. The zero-order chi connectivity index (χ0) is 16.6. The molecule has 0 radical (unpaired) electrons. The second kappa shape index (κ2) is 5.80. The number of nitrogens with zero attached hydrogens (tertiary/aromatic N) is 1. The van der Waals surface area contributed by atoms with Gasteiger partial charge in [0.15, 0.2) is 0 Å². The number of rotatable bonds is 3. The van der Waals surface area contributed by atoms with Crippen molar-refractivity contribution in [1.29, 1.82) is 0 Å². The van der Waals surface area contributed by atoms with Crippen molar-refractivity contribution >= 4 is 16.9 Å². The number of aromatic nitrogens is 1. The van der Waals surface area contributed by atoms with Crippen LogP contribution < -0.4 is 0 Å². The minimum Gasteiger partial charge on any atom is -0.508 e. The van der Waals surface area contributed by atoms with E-state index in [0.29, 0.717) is 17.6 Å². The molecule has 0 aliphatic rings. The van der Waals surface area contributed by atoms with Gasteiger partial charge in [-0.15, -0.1) is 0 Å². The maximum Gasteiger partial charge on any atom is 0.340 e. The summed E-state index contributed by atoms with van der Waals surface area (Å²) in [7, 11) is 0. The SMILES string of the molecule is CCOC(=O)c1c(C)n(-c2ccccc2)c2cc(C)c(O)cc12. The van der Waals surface area contributed by atoms with Crippen molar-refractivity contribution in [3.63, 3.8) is 0 Å². The molecule has 0 aliphatic carbocycles. The van der Waals surface area contributed by atoms with Gasteiger partial charge in [0, 0.05) is 16.8 Å². The summed E-state index contributed by atoms with van der Waals surface area (Å²) in [5.74, 6) is -0.193. The molecule has 3 rings (SSSR count). The van der Waals surface area contributed by atoms with Gasteiger partial charge in [-0.05, 0) is 50.6 Å². The highest BCUT2D eigenvalue weighted by atomic mass is 16.5. The third-order valence-corrected chi connectivity index (χ3v) is 4.02. The Morgan fingerprint density at radius 2 is 1.87 bits per heavy atom. The van der Waals surface area contributed by atoms with Crippen molar-refractivity contribution in [2.45, 2.75) is 20.8 Å². The normalized spacial score (nSPS) is 10.9. The maximum absolute atomic E-state index is 12.4. The molecular weight excluding hydrogens is 290 g/mol. The summed E-state index contributed by atoms with van der Waals surface area (Å²) in [6, 6.07) is 13.4. The zero-order valence-electron chi connectivity index (χ0n) is 13.5. The fraction of sp³-hybridized carbons (Fsp3) is 0.211. The second-order valence-electron chi connectivity index (χ2n) is 5.51. The number of carbonyl (C=O) groups is 1. The number of aryl methyl sites for hydroxylation is 1. The summed E-state index contributed by atoms with van der Waals surface area (Å²) in [5.41, 5.74) is 3.92. The molecular formula is C19H19NO3. The van der Waals surface area contributed by atoms with Gasteiger partial charge in [0.1, 0.15) is 5.75 Å². The van der Waals surface area contributed by atoms with Crippen LogP contribution in [0.25, 0.3) is 16.6 Å². The number of esters is 1. The van der Waals surface area contributed by atoms with Gasteiger partial charge in [0.25, 0.3) is 0 Å². The molecule has 2 aromatic carbocycles. The first kappa shape index (κ1) is 15.2. The van der Waals surface area contributed by atoms with Crippen LogP contribution in [0.2, 0.25) is 0 Å². The van der Waals surface area contributed by atoms with E-state index in [-0.39, 0.29) is 11.7 Å². The molecule has 0 atom stereocenters. The molecule has 0 saturated heterocycles. The monoisotopic (exact) mass is 309 g/mol. The molecule has 0 saturated carbocycles. The predicted octanol–water partition coefficient (Wildman–Crippen LogP) is 4.13. The van der Waals surface area contributed by atoms with E-state index >= 15 is 0 Å². The number of aromatic hydroxyl groups is 1. The van der Waals surface area contributed by atoms with Crippen molar-refractivity contribution in [2.24, 2.45) is 0 Å². The van der Waals surface area contributed by atoms with E-state index in [9.17, 15) is 9.90 Å². The fourth-order valence-corrected chi connectivity index (χ4v) is 2.92. The standard InChI is InChI=1S/C19H19NO3/c1-4-23-19(22)18-13(3)20(14-8-6-5-7-9-14)16-10-12(2)17(21)11-15(16)18/h5-11,21H,4H2,1-3H3. The van der Waals surface area contributed by atoms with Crippen LogP contribution >= 0.6 is 0 Å². The number of benzene rings is 2. The molecule has 4 nitrogen and oxygen atoms in total. The first-order valence-corrected chi connectivity index (χ1v) is 7.61. The molecule has 118 valence electrons. The number of phenols is 1. The van der Waals surface area contributed by atoms with E-state index in [1.165, 1.54) is 0 Å². The number of para-hydroxylation sites is 1. The van der Waals surface area contributed by atoms with Gasteiger partial charge >= 0.3 is 5.97 Å². The van der Waals surface area contributed by atoms with Crippen LogP contribution in [0.3, 0.4) is 0 Å². The quantitative estimate of drug-likeness (QED) is 0.740. The van der Waals surface area contributed by atoms with E-state index in [4.69, 9.17) is 4.74 Å². The topological polar surface area (TPSA) is 51.5 Å². The van der Waals surface area contributed by atoms with E-state index in [0.717, 1.165) is 22.5 Å². The molecule has 0 aliphatic heterocycles. The van der Waals surface area contributed by atoms with Crippen molar-refractivity contribution in [3.8, 4) is 11.4 Å². The highest BCUT2D eigenvalue weighted by Crippen LogP contribution is 2.34. The Morgan fingerprint density at radius 3 is 2.52 bits per heavy atom. The minimum atomic E-state index is -0.368. The summed E-state index contributed by atoms with van der Waals surface area (Å²) in [4.78, 5) is 12.4. The number of hydrogen-bond donors (Lipinski definition) is 1. The number of ether oxygens (including phenoxy) is 1. The highest BCUT2D eigenvalue weighted by molar-refractivity contribution is 6.07. The minimum absolute atomic E-state index is 0.174. The average Bonchev–Trinajstić information content (AvgIpc) is 2.80. The van der Waals surface area contributed by atoms with Crippen molar-refractivity contribution < 1.29 is 14.6 Å². The smallest absolute Gasteiger partial charge is 0.340 e. The molecule has 1 N–H and O–H groups in total. The summed E-state index contributed by atoms with van der Waals surface area (Å²) in [6.07, 6.45) is 0. The first-order chi connectivity index (χ1) is 11.0. The van der Waals surface area contributed by atoms with Gasteiger partial charge in [-0.1, -0.05) is 18.2 Å². The lowest BCUT2D eigenvalue weighted by atomic mass is 10.1. The summed E-state index contributed by atoms with van der Waals surface area (Å²) in [6.45, 7) is 5.83. The number of carbonyl (C=O) groups excluding carboxylic acids is 1. The van der Waals surface area contributed by atoms with Gasteiger partial charge < -0.3 is 14.4 Å². The van der Waals surface area contributed by atoms with E-state index in [1.807, 2.05) is 54.8 Å². The van der Waals surface area contributed by atoms with E-state index < -0.39 is 0 Å². The molecule has 1 heterocycles. The van der Waals surface area contributed by atoms with Crippen LogP contribution in [0, 0.1) is 13.8 Å². The predicted molar refractivity (Wildman–Crippen MR) is 90.4 cm³/mol. The van der Waals surface area contributed by atoms with Gasteiger partial charge in [0.05, 0.1) is 17.7 Å². The lowest BCUT2D eigenvalue weighted by Crippen LogP contribution is -2.07. The number of hydrogen-bond acceptors (Lipinski definition) is 3. The lowest BCUT2D eigenvalue weighted by molar-refractivity contribution is 0.0527. The first-order valence-electron chi connectivity index (χ1n) is 7.61. The molecule has 1 aromatic heterocycles. The third kappa shape index (κ3) is 2.46. The fourth-order valence-electron chi connectivity index (χ4n) is 2.92. The average molecular weight is 309 g/mol. The molecule has 0 bridgehead atoms. The Hall–Kier alpha value is -2.75. The molecule has 3 aromatic rings. The van der Waals surface area contributed by atoms with E-state index in [2.05, 4.69) is 0 Å². The van der Waals surface area contributed by atoms with Crippen molar-refractivity contribution in [2.75, 3.05) is 6.61 Å². The van der Waals surface area contributed by atoms with Gasteiger partial charge in [0.2, 0.25) is 0 Å². The van der Waals surface area contributed by atoms with Crippen LogP contribution in [0.5, 0.6) is 5.75 Å². The molecule has 4 heteroatoms. The summed E-state index contributed by atoms with van der Waals surface area (Å²) < 4.78 is 7.22. The summed E-state index contributed by atoms with van der Waals surface area (Å²) >= 11 is 0. The Balaban J connectivity index is 2.38. The van der Waals surface area contributed by atoms with Gasteiger partial charge in [-0.3, -0.25) is 0 Å². The Kier molecular flexibility index (Phi) is 3.82. The van der Waals surface area contributed by atoms with Crippen LogP contribution in [0.4, 0.5) is 0 Å². The third-order valence-electron chi connectivity index (χ3n) is 4.02. The Labute approximate surface area is 134 Å². The van der Waals surface area contributed by atoms with Crippen LogP contribution in [-0.4, -0.2) is 22.2 Å². The largest absolute Gasteiger partial charge is 0.508 e. The van der Waals surface area contributed by atoms with Gasteiger partial charge in [-0.2, -0.15) is 0 Å². The van der Waals surface area contributed by atoms with Crippen LogP contribution in [0.15, 0.2) is 42.5 Å². The Bertz CT molecular complexity index is 879. The maximum atomic E-state index is 12.4. The highest BCUT2D eigenvalue weighted by Gasteiger charge is 2.22. The molecule has 0 unspecified atom stereocenters.